The summed E-state index contributed by atoms with van der Waals surface area (Å²) in [5.41, 5.74) is 0. The van der Waals surface area contributed by atoms with Gasteiger partial charge in [-0.25, -0.2) is 0 Å². The van der Waals surface area contributed by atoms with Crippen LogP contribution in [0.2, 0.25) is 0 Å². The third-order valence-electron chi connectivity index (χ3n) is 0. The van der Waals surface area contributed by atoms with Crippen molar-refractivity contribution >= 4 is 53.4 Å². The standard InChI is InChI=1S/BBrCl3/c2-1(3,4)5/q-1. The van der Waals surface area contributed by atoms with Crippen molar-refractivity contribution in [1.82, 2.24) is 0 Å². The Morgan fingerprint density at radius 2 is 1.20 bits per heavy atom. The predicted molar refractivity (Wildman–Crippen MR) is 32.2 cm³/mol. The second-order valence-electron chi connectivity index (χ2n) is 0.495. The third-order valence-corrected chi connectivity index (χ3v) is 0. The van der Waals surface area contributed by atoms with Crippen molar-refractivity contribution in [1.29, 1.82) is 0 Å². The molecule has 0 spiro atoms. The van der Waals surface area contributed by atoms with E-state index in [1.54, 1.807) is 0 Å². The van der Waals surface area contributed by atoms with Crippen LogP contribution in [0.4, 0.5) is 0 Å². The molecule has 0 aromatic carbocycles. The molecule has 0 radical (unpaired) electrons. The van der Waals surface area contributed by atoms with Crippen LogP contribution in [0.25, 0.3) is 0 Å². The smallest absolute Gasteiger partial charge is 0.306 e. The van der Waals surface area contributed by atoms with Crippen LogP contribution in [0, 0.1) is 0 Å². The van der Waals surface area contributed by atoms with Gasteiger partial charge >= 0.3 is 3.22 Å². The van der Waals surface area contributed by atoms with E-state index in [2.05, 4.69) is 15.8 Å². The topological polar surface area (TPSA) is 0 Å². The lowest BCUT2D eigenvalue weighted by atomic mass is 10.7. The van der Waals surface area contributed by atoms with Crippen LogP contribution in [0.1, 0.15) is 0 Å². The Labute approximate surface area is 53.4 Å². The van der Waals surface area contributed by atoms with Gasteiger partial charge in [-0.15, -0.1) is 0 Å². The molecule has 0 fully saturated rings. The van der Waals surface area contributed by atoms with Gasteiger partial charge in [-0.2, -0.15) is 0 Å². The second-order valence-corrected chi connectivity index (χ2v) is 6.08. The lowest BCUT2D eigenvalue weighted by molar-refractivity contribution is 3.97. The molecule has 0 aromatic heterocycles. The Morgan fingerprint density at radius 1 is 1.20 bits per heavy atom. The van der Waals surface area contributed by atoms with Crippen molar-refractivity contribution in [2.24, 2.45) is 0 Å². The minimum Gasteiger partial charge on any atom is -0.337 e. The highest BCUT2D eigenvalue weighted by Gasteiger charge is 2.02. The quantitative estimate of drug-likeness (QED) is 0.523. The second kappa shape index (κ2) is 1.92. The van der Waals surface area contributed by atoms with E-state index >= 15 is 0 Å². The molecule has 0 rings (SSSR count). The summed E-state index contributed by atoms with van der Waals surface area (Å²) in [5, 5.41) is 0. The van der Waals surface area contributed by atoms with Gasteiger partial charge in [-0.1, -0.05) is 0 Å². The van der Waals surface area contributed by atoms with E-state index in [1.165, 1.54) is 0 Å². The summed E-state index contributed by atoms with van der Waals surface area (Å²) >= 11 is 17.9. The molecular formula is BBrCl3-. The zero-order chi connectivity index (χ0) is 4.50. The van der Waals surface area contributed by atoms with Gasteiger partial charge in [0.2, 0.25) is 0 Å². The summed E-state index contributed by atoms with van der Waals surface area (Å²) in [5.74, 6) is 0. The SMILES string of the molecule is Cl[B-](Cl)(Cl)Br. The molecule has 5 heteroatoms. The lowest BCUT2D eigenvalue weighted by Gasteiger charge is -2.03. The first-order valence-electron chi connectivity index (χ1n) is 0.873. The molecule has 0 aliphatic carbocycles. The fraction of sp³-hybridized carbons (Fsp3) is 0. The average molecular weight is 197 g/mol. The molecule has 0 heterocycles. The first-order valence-corrected chi connectivity index (χ1v) is 3.10. The average Bonchev–Trinajstić information content (AvgIpc) is 0.722. The van der Waals surface area contributed by atoms with E-state index in [4.69, 9.17) is 34.4 Å². The third kappa shape index (κ3) is 31.5. The van der Waals surface area contributed by atoms with E-state index in [0.29, 0.717) is 0 Å². The van der Waals surface area contributed by atoms with Gasteiger partial charge in [0.1, 0.15) is 0 Å². The van der Waals surface area contributed by atoms with E-state index in [9.17, 15) is 0 Å². The van der Waals surface area contributed by atoms with Crippen LogP contribution in [0.5, 0.6) is 0 Å². The maximum atomic E-state index is 5.04. The zero-order valence-electron chi connectivity index (χ0n) is 2.09. The van der Waals surface area contributed by atoms with E-state index < -0.39 is 3.22 Å². The molecule has 0 N–H and O–H groups in total. The monoisotopic (exact) mass is 195 g/mol. The van der Waals surface area contributed by atoms with Crippen LogP contribution >= 0.6 is 50.1 Å². The van der Waals surface area contributed by atoms with Crippen LogP contribution in [0.3, 0.4) is 0 Å². The van der Waals surface area contributed by atoms with Gasteiger partial charge in [-0.05, 0) is 0 Å². The fourth-order valence-electron chi connectivity index (χ4n) is 0. The van der Waals surface area contributed by atoms with Gasteiger partial charge < -0.3 is 34.4 Å². The molecule has 0 unspecified atom stereocenters. The van der Waals surface area contributed by atoms with Crippen LogP contribution in [-0.2, 0) is 0 Å². The molecule has 0 saturated heterocycles. The number of hydrogen-bond acceptors (Lipinski definition) is 0. The first-order chi connectivity index (χ1) is 2.00. The molecule has 0 amide bonds. The Morgan fingerprint density at radius 3 is 1.20 bits per heavy atom. The first kappa shape index (κ1) is 6.41. The summed E-state index contributed by atoms with van der Waals surface area (Å²) in [6.45, 7) is 0. The van der Waals surface area contributed by atoms with Crippen molar-refractivity contribution < 1.29 is 0 Å². The molecular weight excluding hydrogens is 197 g/mol. The van der Waals surface area contributed by atoms with Crippen molar-refractivity contribution in [3.63, 3.8) is 0 Å². The molecule has 0 aliphatic heterocycles. The summed E-state index contributed by atoms with van der Waals surface area (Å²) < 4.78 is -1.77. The van der Waals surface area contributed by atoms with Gasteiger partial charge in [0.15, 0.2) is 0 Å². The fourth-order valence-corrected chi connectivity index (χ4v) is 0. The van der Waals surface area contributed by atoms with Gasteiger partial charge in [-0.3, -0.25) is 15.8 Å². The molecule has 0 atom stereocenters. The highest BCUT2D eigenvalue weighted by Crippen LogP contribution is 2.25. The maximum Gasteiger partial charge on any atom is 0.306 e. The van der Waals surface area contributed by atoms with Crippen LogP contribution in [-0.4, -0.2) is 3.22 Å². The lowest BCUT2D eigenvalue weighted by Crippen LogP contribution is -1.90. The summed E-state index contributed by atoms with van der Waals surface area (Å²) in [4.78, 5) is 0. The predicted octanol–water partition coefficient (Wildman–Crippen LogP) is 2.53. The van der Waals surface area contributed by atoms with Crippen molar-refractivity contribution in [3.05, 3.63) is 0 Å². The van der Waals surface area contributed by atoms with E-state index in [1.807, 2.05) is 0 Å². The molecule has 5 heavy (non-hydrogen) atoms. The molecule has 0 bridgehead atoms. The zero-order valence-corrected chi connectivity index (χ0v) is 5.94. The highest BCUT2D eigenvalue weighted by molar-refractivity contribution is 9.30. The van der Waals surface area contributed by atoms with Crippen LogP contribution in [0.15, 0.2) is 0 Å². The summed E-state index contributed by atoms with van der Waals surface area (Å²) in [7, 11) is 0. The number of halogens is 4. The van der Waals surface area contributed by atoms with Gasteiger partial charge in [0, 0.05) is 0 Å². The van der Waals surface area contributed by atoms with Gasteiger partial charge in [0.05, 0.1) is 0 Å². The Balaban J connectivity index is 3.02. The minimum absolute atomic E-state index is 1.77. The maximum absolute atomic E-state index is 5.04. The highest BCUT2D eigenvalue weighted by atomic mass is 79.9. The van der Waals surface area contributed by atoms with Gasteiger partial charge in [0.25, 0.3) is 0 Å². The Bertz CT molecular complexity index is 22.4. The largest absolute Gasteiger partial charge is 0.337 e. The molecule has 0 nitrogen and oxygen atoms in total. The normalized spacial score (nSPS) is 12.0. The van der Waals surface area contributed by atoms with Crippen LogP contribution < -0.4 is 0 Å². The molecule has 0 aliphatic rings. The Kier molecular flexibility index (Phi) is 2.46. The Hall–Kier alpha value is 1.41. The summed E-state index contributed by atoms with van der Waals surface area (Å²) in [6.07, 6.45) is 0. The number of rotatable bonds is 0. The molecule has 0 saturated carbocycles. The van der Waals surface area contributed by atoms with Crippen molar-refractivity contribution in [2.75, 3.05) is 0 Å². The van der Waals surface area contributed by atoms with E-state index in [0.717, 1.165) is 0 Å². The number of hydrogen-bond donors (Lipinski definition) is 0. The van der Waals surface area contributed by atoms with Crippen molar-refractivity contribution in [3.8, 4) is 0 Å². The van der Waals surface area contributed by atoms with E-state index in [-0.39, 0.29) is 0 Å². The van der Waals surface area contributed by atoms with Crippen molar-refractivity contribution in [2.45, 2.75) is 0 Å². The molecule has 32 valence electrons. The minimum atomic E-state index is -1.77. The molecule has 0 aromatic rings. The summed E-state index contributed by atoms with van der Waals surface area (Å²) in [6, 6.07) is 0.